The second kappa shape index (κ2) is 8.05. The van der Waals surface area contributed by atoms with E-state index < -0.39 is 0 Å². The van der Waals surface area contributed by atoms with Crippen molar-refractivity contribution in [2.75, 3.05) is 19.6 Å². The van der Waals surface area contributed by atoms with Crippen LogP contribution in [0.1, 0.15) is 84.0 Å². The van der Waals surface area contributed by atoms with Crippen LogP contribution in [0.5, 0.6) is 0 Å². The van der Waals surface area contributed by atoms with Crippen LogP contribution in [0.25, 0.3) is 0 Å². The average Bonchev–Trinajstić information content (AvgIpc) is 2.99. The Morgan fingerprint density at radius 2 is 1.77 bits per heavy atom. The van der Waals surface area contributed by atoms with Gasteiger partial charge in [0.2, 0.25) is 0 Å². The fourth-order valence-corrected chi connectivity index (χ4v) is 6.50. The highest BCUT2D eigenvalue weighted by Crippen LogP contribution is 2.57. The van der Waals surface area contributed by atoms with E-state index in [0.29, 0.717) is 5.41 Å². The largest absolute Gasteiger partial charge is 0.303 e. The maximum Gasteiger partial charge on any atom is 0.00151 e. The molecule has 2 unspecified atom stereocenters. The van der Waals surface area contributed by atoms with Crippen molar-refractivity contribution in [3.8, 4) is 0 Å². The molecule has 1 aliphatic heterocycles. The van der Waals surface area contributed by atoms with Crippen LogP contribution in [0.2, 0.25) is 0 Å². The van der Waals surface area contributed by atoms with Crippen LogP contribution in [-0.2, 0) is 0 Å². The van der Waals surface area contributed by atoms with Crippen LogP contribution >= 0.6 is 0 Å². The molecule has 0 bridgehead atoms. The van der Waals surface area contributed by atoms with Gasteiger partial charge in [-0.3, -0.25) is 0 Å². The maximum absolute atomic E-state index is 4.31. The minimum absolute atomic E-state index is 0.559. The Morgan fingerprint density at radius 3 is 2.58 bits per heavy atom. The van der Waals surface area contributed by atoms with E-state index in [9.17, 15) is 0 Å². The Labute approximate surface area is 161 Å². The summed E-state index contributed by atoms with van der Waals surface area (Å²) in [7, 11) is 0. The second-order valence-electron chi connectivity index (χ2n) is 9.79. The van der Waals surface area contributed by atoms with Gasteiger partial charge in [-0.2, -0.15) is 0 Å². The maximum atomic E-state index is 4.31. The molecule has 1 heterocycles. The van der Waals surface area contributed by atoms with Crippen molar-refractivity contribution in [2.24, 2.45) is 17.3 Å². The van der Waals surface area contributed by atoms with Crippen molar-refractivity contribution in [3.63, 3.8) is 0 Å². The average molecular weight is 354 g/mol. The Balaban J connectivity index is 1.47. The van der Waals surface area contributed by atoms with Crippen LogP contribution in [0.4, 0.5) is 0 Å². The van der Waals surface area contributed by atoms with Gasteiger partial charge in [-0.15, -0.1) is 0 Å². The molecule has 4 fully saturated rings. The summed E-state index contributed by atoms with van der Waals surface area (Å²) in [6, 6.07) is 0. The molecular formula is C25H39N. The number of rotatable bonds is 3. The lowest BCUT2D eigenvalue weighted by Gasteiger charge is -2.44. The fraction of sp³-hybridized carbons (Fsp3) is 0.760. The van der Waals surface area contributed by atoms with Crippen molar-refractivity contribution in [3.05, 3.63) is 35.5 Å². The third-order valence-electron chi connectivity index (χ3n) is 8.22. The van der Waals surface area contributed by atoms with E-state index in [1.807, 2.05) is 0 Å². The Morgan fingerprint density at radius 1 is 0.962 bits per heavy atom. The van der Waals surface area contributed by atoms with E-state index >= 15 is 0 Å². The van der Waals surface area contributed by atoms with Crippen LogP contribution in [0.3, 0.4) is 0 Å². The summed E-state index contributed by atoms with van der Waals surface area (Å²) in [5.41, 5.74) is 5.27. The molecule has 144 valence electrons. The first-order valence-electron chi connectivity index (χ1n) is 11.5. The highest BCUT2D eigenvalue weighted by molar-refractivity contribution is 5.35. The molecule has 4 rings (SSSR count). The smallest absolute Gasteiger partial charge is 0.00151 e. The zero-order chi connectivity index (χ0) is 18.0. The molecule has 4 aliphatic rings. The highest BCUT2D eigenvalue weighted by Gasteiger charge is 2.49. The molecular weight excluding hydrogens is 314 g/mol. The molecule has 0 N–H and O–H groups in total. The van der Waals surface area contributed by atoms with Gasteiger partial charge < -0.3 is 4.90 Å². The molecule has 1 heteroatoms. The minimum Gasteiger partial charge on any atom is -0.303 e. The van der Waals surface area contributed by atoms with E-state index in [4.69, 9.17) is 0 Å². The van der Waals surface area contributed by atoms with Gasteiger partial charge >= 0.3 is 0 Å². The van der Waals surface area contributed by atoms with Gasteiger partial charge in [-0.1, -0.05) is 43.2 Å². The fourth-order valence-electron chi connectivity index (χ4n) is 6.50. The molecule has 0 aromatic heterocycles. The Bertz CT molecular complexity index is 577. The normalized spacial score (nSPS) is 39.5. The quantitative estimate of drug-likeness (QED) is 0.547. The number of likely N-dealkylation sites (tertiary alicyclic amines) is 1. The molecule has 0 aromatic carbocycles. The van der Waals surface area contributed by atoms with E-state index in [2.05, 4.69) is 30.6 Å². The van der Waals surface area contributed by atoms with Crippen molar-refractivity contribution in [2.45, 2.75) is 84.0 Å². The molecule has 1 saturated heterocycles. The lowest BCUT2D eigenvalue weighted by molar-refractivity contribution is 0.0894. The summed E-state index contributed by atoms with van der Waals surface area (Å²) in [5.74, 6) is 1.77. The zero-order valence-corrected chi connectivity index (χ0v) is 17.1. The first-order valence-corrected chi connectivity index (χ1v) is 11.5. The summed E-state index contributed by atoms with van der Waals surface area (Å²) in [6.07, 6.45) is 21.6. The SMILES string of the molecule is C=C1CCCC/C1=C/C=C1\CCCC2(C)C(CN3CCCCC3)CC[C@@H]12. The molecule has 0 spiro atoms. The number of nitrogens with zero attached hydrogens (tertiary/aromatic N) is 1. The standard InChI is InChI=1S/C25H39N/c1-20-9-4-5-10-21(20)12-13-22-11-8-16-25(2)23(14-15-24(22)25)19-26-17-6-3-7-18-26/h12-13,23-24H,1,3-11,14-19H2,2H3/b21-12-,22-13+/t23?,24-,25?/m0/s1. The lowest BCUT2D eigenvalue weighted by atomic mass is 9.63. The lowest BCUT2D eigenvalue weighted by Crippen LogP contribution is -2.41. The minimum atomic E-state index is 0.559. The number of hydrogen-bond acceptors (Lipinski definition) is 1. The van der Waals surface area contributed by atoms with E-state index in [1.165, 1.54) is 102 Å². The van der Waals surface area contributed by atoms with E-state index in [0.717, 1.165) is 11.8 Å². The summed E-state index contributed by atoms with van der Waals surface area (Å²) in [4.78, 5) is 2.79. The van der Waals surface area contributed by atoms with Crippen LogP contribution in [-0.4, -0.2) is 24.5 Å². The van der Waals surface area contributed by atoms with Crippen LogP contribution < -0.4 is 0 Å². The highest BCUT2D eigenvalue weighted by atomic mass is 15.1. The van der Waals surface area contributed by atoms with Gasteiger partial charge in [0.25, 0.3) is 0 Å². The molecule has 3 aliphatic carbocycles. The third-order valence-corrected chi connectivity index (χ3v) is 8.22. The zero-order valence-electron chi connectivity index (χ0n) is 17.1. The van der Waals surface area contributed by atoms with Gasteiger partial charge in [-0.25, -0.2) is 0 Å². The number of piperidine rings is 1. The number of fused-ring (bicyclic) bond motifs is 1. The van der Waals surface area contributed by atoms with Gasteiger partial charge in [-0.05, 0) is 107 Å². The molecule has 0 radical (unpaired) electrons. The second-order valence-corrected chi connectivity index (χ2v) is 9.79. The Hall–Kier alpha value is -0.820. The first-order chi connectivity index (χ1) is 12.7. The van der Waals surface area contributed by atoms with Crippen molar-refractivity contribution in [1.29, 1.82) is 0 Å². The van der Waals surface area contributed by atoms with Crippen molar-refractivity contribution >= 4 is 0 Å². The van der Waals surface area contributed by atoms with Gasteiger partial charge in [0.05, 0.1) is 0 Å². The molecule has 0 aromatic rings. The topological polar surface area (TPSA) is 3.24 Å². The summed E-state index contributed by atoms with van der Waals surface area (Å²) < 4.78 is 0. The first kappa shape index (κ1) is 18.5. The molecule has 0 amide bonds. The van der Waals surface area contributed by atoms with Crippen molar-refractivity contribution < 1.29 is 0 Å². The predicted octanol–water partition coefficient (Wildman–Crippen LogP) is 6.67. The number of allylic oxidation sites excluding steroid dienone is 5. The van der Waals surface area contributed by atoms with E-state index in [-0.39, 0.29) is 0 Å². The molecule has 3 atom stereocenters. The van der Waals surface area contributed by atoms with Crippen LogP contribution in [0.15, 0.2) is 35.5 Å². The number of hydrogen-bond donors (Lipinski definition) is 0. The summed E-state index contributed by atoms with van der Waals surface area (Å²) in [6.45, 7) is 11.0. The summed E-state index contributed by atoms with van der Waals surface area (Å²) in [5, 5.41) is 0. The van der Waals surface area contributed by atoms with Gasteiger partial charge in [0.1, 0.15) is 0 Å². The molecule has 1 nitrogen and oxygen atoms in total. The predicted molar refractivity (Wildman–Crippen MR) is 112 cm³/mol. The van der Waals surface area contributed by atoms with Crippen LogP contribution in [0, 0.1) is 17.3 Å². The molecule has 3 saturated carbocycles. The summed E-state index contributed by atoms with van der Waals surface area (Å²) >= 11 is 0. The van der Waals surface area contributed by atoms with E-state index in [1.54, 1.807) is 11.1 Å². The van der Waals surface area contributed by atoms with Crippen molar-refractivity contribution in [1.82, 2.24) is 4.90 Å². The Kier molecular flexibility index (Phi) is 5.74. The third kappa shape index (κ3) is 3.75. The molecule has 26 heavy (non-hydrogen) atoms. The monoisotopic (exact) mass is 353 g/mol. The van der Waals surface area contributed by atoms with Gasteiger partial charge in [0, 0.05) is 6.54 Å². The van der Waals surface area contributed by atoms with Gasteiger partial charge in [0.15, 0.2) is 0 Å².